The van der Waals surface area contributed by atoms with Crippen molar-refractivity contribution >= 4 is 30.1 Å². The molecule has 0 aliphatic carbocycles. The molecule has 0 amide bonds. The van der Waals surface area contributed by atoms with Crippen molar-refractivity contribution < 1.29 is 9.05 Å². The van der Waals surface area contributed by atoms with Gasteiger partial charge < -0.3 is 9.05 Å². The predicted octanol–water partition coefficient (Wildman–Crippen LogP) is 3.29. The standard InChI is InChI=1S/C13H23ClN3O3PS/c1-7-19-21(22,16-9(2)3)20-10-8-15-17(13(4,5)6)12(18)11(10)14/h8-9H,7H2,1-6H3,(H,16,22). The molecule has 0 saturated carbocycles. The zero-order chi connectivity index (χ0) is 17.1. The van der Waals surface area contributed by atoms with Crippen LogP contribution in [0.1, 0.15) is 41.5 Å². The Morgan fingerprint density at radius 1 is 1.50 bits per heavy atom. The van der Waals surface area contributed by atoms with Gasteiger partial charge >= 0.3 is 6.64 Å². The third-order valence-corrected chi connectivity index (χ3v) is 5.53. The number of hydrogen-bond acceptors (Lipinski definition) is 5. The molecule has 1 heterocycles. The lowest BCUT2D eigenvalue weighted by Crippen LogP contribution is -2.36. The second-order valence-corrected chi connectivity index (χ2v) is 9.51. The lowest BCUT2D eigenvalue weighted by Gasteiger charge is -2.26. The predicted molar refractivity (Wildman–Crippen MR) is 93.3 cm³/mol. The van der Waals surface area contributed by atoms with Gasteiger partial charge in [0.05, 0.1) is 18.3 Å². The van der Waals surface area contributed by atoms with Crippen LogP contribution in [-0.4, -0.2) is 22.4 Å². The minimum Gasteiger partial charge on any atom is -0.429 e. The second-order valence-electron chi connectivity index (χ2n) is 6.00. The van der Waals surface area contributed by atoms with Gasteiger partial charge in [0.15, 0.2) is 10.8 Å². The quantitative estimate of drug-likeness (QED) is 0.778. The molecule has 0 aliphatic rings. The monoisotopic (exact) mass is 367 g/mol. The molecule has 0 spiro atoms. The summed E-state index contributed by atoms with van der Waals surface area (Å²) in [5, 5.41) is 7.15. The van der Waals surface area contributed by atoms with Crippen molar-refractivity contribution in [3.8, 4) is 5.75 Å². The van der Waals surface area contributed by atoms with Gasteiger partial charge in [0.2, 0.25) is 0 Å². The molecule has 22 heavy (non-hydrogen) atoms. The summed E-state index contributed by atoms with van der Waals surface area (Å²) in [5.41, 5.74) is -0.899. The molecule has 0 bridgehead atoms. The van der Waals surface area contributed by atoms with Gasteiger partial charge in [-0.25, -0.2) is 9.77 Å². The Kier molecular flexibility index (Phi) is 6.59. The molecule has 1 aromatic heterocycles. The van der Waals surface area contributed by atoms with Gasteiger partial charge in [0, 0.05) is 6.04 Å². The first-order valence-electron chi connectivity index (χ1n) is 7.00. The summed E-state index contributed by atoms with van der Waals surface area (Å²) in [5.74, 6) is 0.136. The summed E-state index contributed by atoms with van der Waals surface area (Å²) in [4.78, 5) is 12.3. The fourth-order valence-corrected chi connectivity index (χ4v) is 4.63. The fourth-order valence-electron chi connectivity index (χ4n) is 1.66. The summed E-state index contributed by atoms with van der Waals surface area (Å²) in [6, 6.07) is 0.0686. The number of halogens is 1. The average molecular weight is 368 g/mol. The Morgan fingerprint density at radius 3 is 2.55 bits per heavy atom. The van der Waals surface area contributed by atoms with Crippen LogP contribution in [0.5, 0.6) is 5.75 Å². The van der Waals surface area contributed by atoms with Crippen molar-refractivity contribution in [3.63, 3.8) is 0 Å². The Morgan fingerprint density at radius 2 is 2.09 bits per heavy atom. The first kappa shape index (κ1) is 19.6. The maximum absolute atomic E-state index is 12.3. The van der Waals surface area contributed by atoms with Gasteiger partial charge in [-0.1, -0.05) is 11.6 Å². The van der Waals surface area contributed by atoms with Crippen LogP contribution in [-0.2, 0) is 21.9 Å². The first-order valence-corrected chi connectivity index (χ1v) is 10.0. The van der Waals surface area contributed by atoms with E-state index in [0.29, 0.717) is 6.61 Å². The van der Waals surface area contributed by atoms with E-state index in [1.807, 2.05) is 41.5 Å². The lowest BCUT2D eigenvalue weighted by molar-refractivity contribution is 0.313. The topological polar surface area (TPSA) is 65.4 Å². The van der Waals surface area contributed by atoms with Gasteiger partial charge in [-0.15, -0.1) is 0 Å². The van der Waals surface area contributed by atoms with E-state index in [4.69, 9.17) is 32.5 Å². The molecule has 1 aromatic rings. The molecule has 0 fully saturated rings. The summed E-state index contributed by atoms with van der Waals surface area (Å²) in [6.45, 7) is 8.88. The number of nitrogens with zero attached hydrogens (tertiary/aromatic N) is 2. The van der Waals surface area contributed by atoms with Crippen molar-refractivity contribution in [2.75, 3.05) is 6.61 Å². The number of aromatic nitrogens is 2. The van der Waals surface area contributed by atoms with Crippen LogP contribution < -0.4 is 15.2 Å². The second kappa shape index (κ2) is 7.41. The van der Waals surface area contributed by atoms with Gasteiger partial charge in [0.25, 0.3) is 5.56 Å². The Balaban J connectivity index is 3.20. The van der Waals surface area contributed by atoms with E-state index >= 15 is 0 Å². The molecule has 1 rings (SSSR count). The maximum Gasteiger partial charge on any atom is 0.313 e. The molecule has 6 nitrogen and oxygen atoms in total. The van der Waals surface area contributed by atoms with Crippen molar-refractivity contribution in [3.05, 3.63) is 21.6 Å². The van der Waals surface area contributed by atoms with E-state index in [9.17, 15) is 4.79 Å². The molecular formula is C13H23ClN3O3PS. The van der Waals surface area contributed by atoms with Crippen LogP contribution in [0.15, 0.2) is 11.0 Å². The Hall–Kier alpha value is -0.460. The van der Waals surface area contributed by atoms with E-state index < -0.39 is 17.7 Å². The summed E-state index contributed by atoms with van der Waals surface area (Å²) < 4.78 is 12.6. The highest BCUT2D eigenvalue weighted by Crippen LogP contribution is 2.46. The van der Waals surface area contributed by atoms with Crippen molar-refractivity contribution in [2.24, 2.45) is 0 Å². The SMILES string of the molecule is CCOP(=S)(NC(C)C)Oc1cnn(C(C)(C)C)c(=O)c1Cl. The minimum absolute atomic E-state index is 0.0515. The van der Waals surface area contributed by atoms with E-state index in [2.05, 4.69) is 10.2 Å². The van der Waals surface area contributed by atoms with Crippen LogP contribution >= 0.6 is 18.2 Å². The molecular weight excluding hydrogens is 345 g/mol. The van der Waals surface area contributed by atoms with Crippen molar-refractivity contribution in [1.82, 2.24) is 14.9 Å². The van der Waals surface area contributed by atoms with Gasteiger partial charge in [-0.2, -0.15) is 5.10 Å². The van der Waals surface area contributed by atoms with E-state index in [1.54, 1.807) is 0 Å². The molecule has 0 radical (unpaired) electrons. The molecule has 1 atom stereocenters. The Labute approximate surface area is 141 Å². The van der Waals surface area contributed by atoms with E-state index in [0.717, 1.165) is 0 Å². The van der Waals surface area contributed by atoms with Crippen LogP contribution in [0, 0.1) is 0 Å². The Bertz CT molecular complexity index is 628. The highest BCUT2D eigenvalue weighted by atomic mass is 35.5. The number of rotatable bonds is 6. The zero-order valence-electron chi connectivity index (χ0n) is 13.7. The van der Waals surface area contributed by atoms with Crippen LogP contribution in [0.4, 0.5) is 0 Å². The van der Waals surface area contributed by atoms with Crippen LogP contribution in [0.2, 0.25) is 5.02 Å². The van der Waals surface area contributed by atoms with E-state index in [1.165, 1.54) is 10.9 Å². The largest absolute Gasteiger partial charge is 0.429 e. The van der Waals surface area contributed by atoms with Crippen LogP contribution in [0.25, 0.3) is 0 Å². The first-order chi connectivity index (χ1) is 10.00. The maximum atomic E-state index is 12.3. The van der Waals surface area contributed by atoms with Crippen LogP contribution in [0.3, 0.4) is 0 Å². The molecule has 0 aliphatic heterocycles. The molecule has 1 unspecified atom stereocenters. The third-order valence-electron chi connectivity index (χ3n) is 2.46. The van der Waals surface area contributed by atoms with Crippen molar-refractivity contribution in [1.29, 1.82) is 0 Å². The number of nitrogens with one attached hydrogen (secondary N) is 1. The smallest absolute Gasteiger partial charge is 0.313 e. The highest BCUT2D eigenvalue weighted by molar-refractivity contribution is 8.09. The van der Waals surface area contributed by atoms with Gasteiger partial charge in [0.1, 0.15) is 0 Å². The number of hydrogen-bond donors (Lipinski definition) is 1. The summed E-state index contributed by atoms with van der Waals surface area (Å²) >= 11 is 11.6. The molecule has 1 N–H and O–H groups in total. The average Bonchev–Trinajstić information content (AvgIpc) is 2.32. The molecule has 0 aromatic carbocycles. The zero-order valence-corrected chi connectivity index (χ0v) is 16.2. The van der Waals surface area contributed by atoms with Crippen molar-refractivity contribution in [2.45, 2.75) is 53.1 Å². The third kappa shape index (κ3) is 5.03. The highest BCUT2D eigenvalue weighted by Gasteiger charge is 2.26. The molecule has 0 saturated heterocycles. The van der Waals surface area contributed by atoms with Gasteiger partial charge in [-0.3, -0.25) is 4.79 Å². The lowest BCUT2D eigenvalue weighted by atomic mass is 10.1. The van der Waals surface area contributed by atoms with Gasteiger partial charge in [-0.05, 0) is 53.3 Å². The van der Waals surface area contributed by atoms with E-state index in [-0.39, 0.29) is 16.8 Å². The molecule has 9 heteroatoms. The summed E-state index contributed by atoms with van der Waals surface area (Å²) in [6.07, 6.45) is 1.40. The fraction of sp³-hybridized carbons (Fsp3) is 0.692. The normalized spacial score (nSPS) is 14.9. The molecule has 126 valence electrons. The minimum atomic E-state index is -2.79. The summed E-state index contributed by atoms with van der Waals surface area (Å²) in [7, 11) is 0.